The summed E-state index contributed by atoms with van der Waals surface area (Å²) in [6.45, 7) is 0.779. The van der Waals surface area contributed by atoms with Gasteiger partial charge in [-0.05, 0) is 41.5 Å². The summed E-state index contributed by atoms with van der Waals surface area (Å²) in [6.07, 6.45) is 0.791. The number of benzene rings is 3. The van der Waals surface area contributed by atoms with Crippen LogP contribution < -0.4 is 11.1 Å². The Balaban J connectivity index is 1.12. The highest BCUT2D eigenvalue weighted by Crippen LogP contribution is 2.44. The first kappa shape index (κ1) is 25.6. The number of anilines is 1. The van der Waals surface area contributed by atoms with Gasteiger partial charge in [-0.2, -0.15) is 0 Å². The second kappa shape index (κ2) is 11.6. The van der Waals surface area contributed by atoms with Gasteiger partial charge in [-0.1, -0.05) is 78.9 Å². The number of carboxylic acid groups (broad SMARTS) is 1. The first-order valence-corrected chi connectivity index (χ1v) is 13.6. The molecule has 0 fully saturated rings. The Morgan fingerprint density at radius 2 is 1.58 bits per heavy atom. The molecule has 1 unspecified atom stereocenters. The van der Waals surface area contributed by atoms with Crippen molar-refractivity contribution in [2.45, 2.75) is 31.2 Å². The average molecular weight is 527 g/mol. The van der Waals surface area contributed by atoms with Crippen molar-refractivity contribution in [1.82, 2.24) is 9.88 Å². The lowest BCUT2D eigenvalue weighted by Crippen LogP contribution is -2.36. The van der Waals surface area contributed by atoms with Crippen molar-refractivity contribution in [2.75, 3.05) is 18.4 Å². The number of aromatic nitrogens is 1. The maximum Gasteiger partial charge on any atom is 0.407 e. The average Bonchev–Trinajstić information content (AvgIpc) is 3.53. The Hall–Kier alpha value is -4.01. The fourth-order valence-corrected chi connectivity index (χ4v) is 5.73. The first-order valence-electron chi connectivity index (χ1n) is 12.7. The Bertz CT molecular complexity index is 1380. The van der Waals surface area contributed by atoms with Crippen LogP contribution in [0, 0.1) is 0 Å². The molecule has 0 radical (unpaired) electrons. The summed E-state index contributed by atoms with van der Waals surface area (Å²) in [5.74, 6) is -0.279. The lowest BCUT2D eigenvalue weighted by molar-refractivity contribution is -0.117. The van der Waals surface area contributed by atoms with Crippen LogP contribution in [0.4, 0.5) is 9.93 Å². The molecule has 8 heteroatoms. The van der Waals surface area contributed by atoms with E-state index >= 15 is 0 Å². The van der Waals surface area contributed by atoms with E-state index in [-0.39, 0.29) is 11.8 Å². The summed E-state index contributed by atoms with van der Waals surface area (Å²) in [5, 5.41) is 15.1. The third kappa shape index (κ3) is 5.61. The van der Waals surface area contributed by atoms with Gasteiger partial charge < -0.3 is 21.1 Å². The molecule has 2 amide bonds. The highest BCUT2D eigenvalue weighted by molar-refractivity contribution is 7.14. The van der Waals surface area contributed by atoms with Gasteiger partial charge >= 0.3 is 6.09 Å². The van der Waals surface area contributed by atoms with Crippen LogP contribution in [0.15, 0.2) is 84.2 Å². The minimum Gasteiger partial charge on any atom is -0.465 e. The molecule has 0 bridgehead atoms. The number of fused-ring (bicyclic) bond motifs is 3. The van der Waals surface area contributed by atoms with E-state index in [1.54, 1.807) is 0 Å². The van der Waals surface area contributed by atoms with Gasteiger partial charge in [-0.3, -0.25) is 4.79 Å². The minimum atomic E-state index is -0.938. The summed E-state index contributed by atoms with van der Waals surface area (Å²) in [5.41, 5.74) is 12.6. The Morgan fingerprint density at radius 1 is 0.947 bits per heavy atom. The third-order valence-corrected chi connectivity index (χ3v) is 7.73. The Kier molecular flexibility index (Phi) is 7.81. The van der Waals surface area contributed by atoms with Gasteiger partial charge in [-0.25, -0.2) is 9.78 Å². The number of hydrogen-bond donors (Lipinski definition) is 3. The van der Waals surface area contributed by atoms with E-state index in [1.165, 1.54) is 27.4 Å². The van der Waals surface area contributed by atoms with Crippen LogP contribution in [0.1, 0.15) is 36.3 Å². The van der Waals surface area contributed by atoms with Crippen molar-refractivity contribution in [3.05, 3.63) is 95.4 Å². The minimum absolute atomic E-state index is 0.00519. The van der Waals surface area contributed by atoms with Crippen molar-refractivity contribution in [2.24, 2.45) is 5.73 Å². The first-order chi connectivity index (χ1) is 18.5. The standard InChI is InChI=1S/C30H30N4O3S/c31-26(28(35)33-29-32-27(19-38-29)20-10-2-1-3-11-20)16-8-9-17-34(30(36)37)18-25-23-14-6-4-12-21(23)22-13-5-7-15-24(22)25/h1-7,10-15,19,25-26H,8-9,16-18,31H2,(H,36,37)(H,32,33,35). The molecular weight excluding hydrogens is 496 g/mol. The number of hydrogen-bond acceptors (Lipinski definition) is 5. The predicted octanol–water partition coefficient (Wildman–Crippen LogP) is 6.04. The smallest absolute Gasteiger partial charge is 0.407 e. The number of rotatable bonds is 10. The summed E-state index contributed by atoms with van der Waals surface area (Å²) < 4.78 is 0. The molecule has 1 aliphatic rings. The second-order valence-corrected chi connectivity index (χ2v) is 10.3. The molecule has 0 spiro atoms. The quantitative estimate of drug-likeness (QED) is 0.218. The molecule has 7 nitrogen and oxygen atoms in total. The van der Waals surface area contributed by atoms with Crippen molar-refractivity contribution in [3.63, 3.8) is 0 Å². The zero-order chi connectivity index (χ0) is 26.5. The van der Waals surface area contributed by atoms with E-state index in [4.69, 9.17) is 5.73 Å². The zero-order valence-corrected chi connectivity index (χ0v) is 21.7. The summed E-state index contributed by atoms with van der Waals surface area (Å²) in [6, 6.07) is 25.5. The van der Waals surface area contributed by atoms with Crippen LogP contribution in [0.3, 0.4) is 0 Å². The molecule has 5 rings (SSSR count). The van der Waals surface area contributed by atoms with Crippen molar-refractivity contribution in [3.8, 4) is 22.4 Å². The molecule has 1 heterocycles. The lowest BCUT2D eigenvalue weighted by atomic mass is 9.96. The van der Waals surface area contributed by atoms with Crippen LogP contribution in [-0.2, 0) is 4.79 Å². The normalized spacial score (nSPS) is 13.0. The molecule has 194 valence electrons. The number of nitrogens with one attached hydrogen (secondary N) is 1. The van der Waals surface area contributed by atoms with Crippen molar-refractivity contribution >= 4 is 28.5 Å². The molecule has 3 aromatic carbocycles. The van der Waals surface area contributed by atoms with E-state index < -0.39 is 12.1 Å². The van der Waals surface area contributed by atoms with Crippen LogP contribution in [0.5, 0.6) is 0 Å². The van der Waals surface area contributed by atoms with Crippen LogP contribution in [0.2, 0.25) is 0 Å². The van der Waals surface area contributed by atoms with E-state index in [2.05, 4.69) is 34.6 Å². The van der Waals surface area contributed by atoms with Crippen molar-refractivity contribution in [1.29, 1.82) is 0 Å². The summed E-state index contributed by atoms with van der Waals surface area (Å²) >= 11 is 1.36. The molecule has 1 aromatic heterocycles. The van der Waals surface area contributed by atoms with Gasteiger partial charge in [0.05, 0.1) is 11.7 Å². The van der Waals surface area contributed by atoms with E-state index in [0.29, 0.717) is 37.5 Å². The largest absolute Gasteiger partial charge is 0.465 e. The van der Waals surface area contributed by atoms with Gasteiger partial charge in [0.25, 0.3) is 0 Å². The molecule has 4 N–H and O–H groups in total. The fraction of sp³-hybridized carbons (Fsp3) is 0.233. The molecule has 0 saturated heterocycles. The number of thiazole rings is 1. The van der Waals surface area contributed by atoms with Gasteiger partial charge in [-0.15, -0.1) is 11.3 Å². The maximum absolute atomic E-state index is 12.6. The number of unbranched alkanes of at least 4 members (excludes halogenated alkanes) is 1. The molecule has 1 atom stereocenters. The van der Waals surface area contributed by atoms with E-state index in [1.807, 2.05) is 60.0 Å². The maximum atomic E-state index is 12.6. The van der Waals surface area contributed by atoms with E-state index in [9.17, 15) is 14.7 Å². The van der Waals surface area contributed by atoms with Gasteiger partial charge in [0.2, 0.25) is 5.91 Å². The summed E-state index contributed by atoms with van der Waals surface area (Å²) in [4.78, 5) is 30.6. The molecule has 4 aromatic rings. The molecule has 1 aliphatic carbocycles. The Morgan fingerprint density at radius 3 is 2.24 bits per heavy atom. The predicted molar refractivity (Wildman–Crippen MR) is 151 cm³/mol. The van der Waals surface area contributed by atoms with E-state index in [0.717, 1.165) is 22.4 Å². The highest BCUT2D eigenvalue weighted by Gasteiger charge is 2.30. The number of nitrogens with zero attached hydrogens (tertiary/aromatic N) is 2. The van der Waals surface area contributed by atoms with Gasteiger partial charge in [0, 0.05) is 30.0 Å². The molecule has 38 heavy (non-hydrogen) atoms. The monoisotopic (exact) mass is 526 g/mol. The number of nitrogens with two attached hydrogens (primary N) is 1. The zero-order valence-electron chi connectivity index (χ0n) is 20.9. The third-order valence-electron chi connectivity index (χ3n) is 6.97. The number of amides is 2. The van der Waals surface area contributed by atoms with Crippen LogP contribution >= 0.6 is 11.3 Å². The second-order valence-electron chi connectivity index (χ2n) is 9.45. The molecule has 0 aliphatic heterocycles. The molecule has 0 saturated carbocycles. The fourth-order valence-electron chi connectivity index (χ4n) is 5.01. The summed E-state index contributed by atoms with van der Waals surface area (Å²) in [7, 11) is 0. The highest BCUT2D eigenvalue weighted by atomic mass is 32.1. The Labute approximate surface area is 226 Å². The number of carbonyl (C=O) groups excluding carboxylic acids is 1. The van der Waals surface area contributed by atoms with Gasteiger partial charge in [0.15, 0.2) is 5.13 Å². The van der Waals surface area contributed by atoms with Crippen LogP contribution in [0.25, 0.3) is 22.4 Å². The topological polar surface area (TPSA) is 109 Å². The van der Waals surface area contributed by atoms with Crippen molar-refractivity contribution < 1.29 is 14.7 Å². The van der Waals surface area contributed by atoms with Crippen LogP contribution in [-0.4, -0.2) is 46.1 Å². The lowest BCUT2D eigenvalue weighted by Gasteiger charge is -2.24. The SMILES string of the molecule is NC(CCCCN(CC1c2ccccc2-c2ccccc21)C(=O)O)C(=O)Nc1nc(-c2ccccc2)cs1. The van der Waals surface area contributed by atoms with Gasteiger partial charge in [0.1, 0.15) is 0 Å². The number of carbonyl (C=O) groups is 2. The molecular formula is C30H30N4O3S.